The number of nitrogens with one attached hydrogen (secondary N) is 1. The monoisotopic (exact) mass is 376 g/mol. The van der Waals surface area contributed by atoms with Crippen LogP contribution in [0.5, 0.6) is 0 Å². The molecule has 1 aromatic heterocycles. The van der Waals surface area contributed by atoms with Crippen LogP contribution >= 0.6 is 23.1 Å². The summed E-state index contributed by atoms with van der Waals surface area (Å²) in [4.78, 5) is 26.6. The Labute approximate surface area is 155 Å². The molecular weight excluding hydrogens is 356 g/mol. The average molecular weight is 377 g/mol. The molecule has 0 bridgehead atoms. The standard InChI is InChI=1S/C17H20N4O2S2/c1-12(25-17-20-18-11-24-17)16(23)21-9-7-14(8-10-21)19-15(22)13-5-3-2-4-6-13/h2-6,11-12,14H,7-10H2,1H3,(H,19,22). The van der Waals surface area contributed by atoms with E-state index in [1.54, 1.807) is 17.6 Å². The summed E-state index contributed by atoms with van der Waals surface area (Å²) in [6.45, 7) is 3.23. The number of piperidine rings is 1. The third-order valence-corrected chi connectivity index (χ3v) is 6.04. The Morgan fingerprint density at radius 1 is 1.28 bits per heavy atom. The van der Waals surface area contributed by atoms with Crippen LogP contribution in [0.1, 0.15) is 30.1 Å². The molecule has 132 valence electrons. The van der Waals surface area contributed by atoms with Crippen LogP contribution in [-0.2, 0) is 4.79 Å². The maximum atomic E-state index is 12.5. The van der Waals surface area contributed by atoms with Crippen molar-refractivity contribution in [1.29, 1.82) is 0 Å². The fourth-order valence-electron chi connectivity index (χ4n) is 2.78. The number of nitrogens with zero attached hydrogens (tertiary/aromatic N) is 3. The molecule has 0 radical (unpaired) electrons. The van der Waals surface area contributed by atoms with Crippen LogP contribution in [0, 0.1) is 0 Å². The van der Waals surface area contributed by atoms with Crippen molar-refractivity contribution in [2.75, 3.05) is 13.1 Å². The number of rotatable bonds is 5. The molecule has 25 heavy (non-hydrogen) atoms. The highest BCUT2D eigenvalue weighted by atomic mass is 32.2. The lowest BCUT2D eigenvalue weighted by atomic mass is 10.0. The van der Waals surface area contributed by atoms with Crippen LogP contribution in [0.25, 0.3) is 0 Å². The molecule has 1 aromatic carbocycles. The van der Waals surface area contributed by atoms with Gasteiger partial charge in [-0.2, -0.15) is 0 Å². The molecule has 1 saturated heterocycles. The molecule has 6 nitrogen and oxygen atoms in total. The van der Waals surface area contributed by atoms with Gasteiger partial charge in [-0.15, -0.1) is 10.2 Å². The summed E-state index contributed by atoms with van der Waals surface area (Å²) >= 11 is 2.89. The first-order chi connectivity index (χ1) is 12.1. The number of amides is 2. The Morgan fingerprint density at radius 3 is 2.64 bits per heavy atom. The summed E-state index contributed by atoms with van der Waals surface area (Å²) in [6, 6.07) is 9.33. The smallest absolute Gasteiger partial charge is 0.251 e. The molecular formula is C17H20N4O2S2. The van der Waals surface area contributed by atoms with Gasteiger partial charge in [-0.3, -0.25) is 9.59 Å². The largest absolute Gasteiger partial charge is 0.349 e. The van der Waals surface area contributed by atoms with Gasteiger partial charge >= 0.3 is 0 Å². The van der Waals surface area contributed by atoms with Crippen molar-refractivity contribution >= 4 is 34.9 Å². The minimum atomic E-state index is -0.177. The number of thioether (sulfide) groups is 1. The first-order valence-corrected chi connectivity index (χ1v) is 9.97. The highest BCUT2D eigenvalue weighted by Crippen LogP contribution is 2.26. The van der Waals surface area contributed by atoms with Crippen molar-refractivity contribution in [3.8, 4) is 0 Å². The molecule has 0 aliphatic carbocycles. The maximum absolute atomic E-state index is 12.5. The van der Waals surface area contributed by atoms with E-state index >= 15 is 0 Å². The Balaban J connectivity index is 1.46. The summed E-state index contributed by atoms with van der Waals surface area (Å²) in [5, 5.41) is 10.6. The number of benzene rings is 1. The van der Waals surface area contributed by atoms with Gasteiger partial charge in [0.15, 0.2) is 4.34 Å². The Kier molecular flexibility index (Phi) is 6.04. The van der Waals surface area contributed by atoms with Gasteiger partial charge in [0.25, 0.3) is 5.91 Å². The van der Waals surface area contributed by atoms with Crippen molar-refractivity contribution in [1.82, 2.24) is 20.4 Å². The van der Waals surface area contributed by atoms with Crippen molar-refractivity contribution in [3.63, 3.8) is 0 Å². The quantitative estimate of drug-likeness (QED) is 0.811. The van der Waals surface area contributed by atoms with Crippen LogP contribution in [0.15, 0.2) is 40.2 Å². The fraction of sp³-hybridized carbons (Fsp3) is 0.412. The summed E-state index contributed by atoms with van der Waals surface area (Å²) in [5.74, 6) is 0.0682. The van der Waals surface area contributed by atoms with Crippen LogP contribution < -0.4 is 5.32 Å². The van der Waals surface area contributed by atoms with Gasteiger partial charge in [0.1, 0.15) is 5.51 Å². The summed E-state index contributed by atoms with van der Waals surface area (Å²) in [6.07, 6.45) is 1.56. The Morgan fingerprint density at radius 2 is 2.00 bits per heavy atom. The average Bonchev–Trinajstić information content (AvgIpc) is 3.15. The first kappa shape index (κ1) is 17.9. The zero-order valence-corrected chi connectivity index (χ0v) is 15.6. The third kappa shape index (κ3) is 4.79. The Bertz CT molecular complexity index is 701. The van der Waals surface area contributed by atoms with E-state index in [2.05, 4.69) is 15.5 Å². The van der Waals surface area contributed by atoms with Gasteiger partial charge in [0, 0.05) is 24.7 Å². The van der Waals surface area contributed by atoms with E-state index in [1.165, 1.54) is 23.1 Å². The number of hydrogen-bond acceptors (Lipinski definition) is 6. The second-order valence-electron chi connectivity index (χ2n) is 5.90. The second kappa shape index (κ2) is 8.44. The van der Waals surface area contributed by atoms with E-state index in [1.807, 2.05) is 30.0 Å². The van der Waals surface area contributed by atoms with Crippen molar-refractivity contribution in [2.24, 2.45) is 0 Å². The van der Waals surface area contributed by atoms with Crippen molar-refractivity contribution in [3.05, 3.63) is 41.4 Å². The van der Waals surface area contributed by atoms with Crippen LogP contribution in [-0.4, -0.2) is 51.3 Å². The lowest BCUT2D eigenvalue weighted by Crippen LogP contribution is -2.48. The van der Waals surface area contributed by atoms with Crippen molar-refractivity contribution in [2.45, 2.75) is 35.4 Å². The molecule has 2 heterocycles. The van der Waals surface area contributed by atoms with E-state index in [0.717, 1.165) is 17.2 Å². The van der Waals surface area contributed by atoms with E-state index in [-0.39, 0.29) is 23.1 Å². The van der Waals surface area contributed by atoms with Crippen LogP contribution in [0.4, 0.5) is 0 Å². The number of carbonyl (C=O) groups excluding carboxylic acids is 2. The zero-order valence-electron chi connectivity index (χ0n) is 13.9. The topological polar surface area (TPSA) is 75.2 Å². The van der Waals surface area contributed by atoms with Gasteiger partial charge in [-0.1, -0.05) is 41.3 Å². The first-order valence-electron chi connectivity index (χ1n) is 8.21. The van der Waals surface area contributed by atoms with E-state index < -0.39 is 0 Å². The fourth-order valence-corrected chi connectivity index (χ4v) is 4.49. The number of hydrogen-bond donors (Lipinski definition) is 1. The van der Waals surface area contributed by atoms with E-state index in [4.69, 9.17) is 0 Å². The predicted octanol–water partition coefficient (Wildman–Crippen LogP) is 2.44. The highest BCUT2D eigenvalue weighted by Gasteiger charge is 2.27. The predicted molar refractivity (Wildman–Crippen MR) is 98.7 cm³/mol. The minimum absolute atomic E-state index is 0.0504. The summed E-state index contributed by atoms with van der Waals surface area (Å²) in [7, 11) is 0. The van der Waals surface area contributed by atoms with Gasteiger partial charge in [0.2, 0.25) is 5.91 Å². The zero-order chi connectivity index (χ0) is 17.6. The van der Waals surface area contributed by atoms with Gasteiger partial charge in [-0.05, 0) is 31.9 Å². The molecule has 3 rings (SSSR count). The minimum Gasteiger partial charge on any atom is -0.349 e. The molecule has 0 spiro atoms. The molecule has 1 aliphatic rings. The Hall–Kier alpha value is -1.93. The molecule has 2 amide bonds. The van der Waals surface area contributed by atoms with Crippen LogP contribution in [0.2, 0.25) is 0 Å². The highest BCUT2D eigenvalue weighted by molar-refractivity contribution is 8.02. The molecule has 0 saturated carbocycles. The lowest BCUT2D eigenvalue weighted by Gasteiger charge is -2.33. The maximum Gasteiger partial charge on any atom is 0.251 e. The molecule has 1 aliphatic heterocycles. The molecule has 8 heteroatoms. The molecule has 1 N–H and O–H groups in total. The number of carbonyl (C=O) groups is 2. The molecule has 2 aromatic rings. The van der Waals surface area contributed by atoms with Gasteiger partial charge in [-0.25, -0.2) is 0 Å². The normalized spacial score (nSPS) is 16.4. The number of likely N-dealkylation sites (tertiary alicyclic amines) is 1. The van der Waals surface area contributed by atoms with E-state index in [0.29, 0.717) is 18.7 Å². The van der Waals surface area contributed by atoms with E-state index in [9.17, 15) is 9.59 Å². The molecule has 1 unspecified atom stereocenters. The van der Waals surface area contributed by atoms with Gasteiger partial charge in [0.05, 0.1) is 5.25 Å². The van der Waals surface area contributed by atoms with Crippen LogP contribution in [0.3, 0.4) is 0 Å². The second-order valence-corrected chi connectivity index (χ2v) is 8.32. The SMILES string of the molecule is CC(Sc1nncs1)C(=O)N1CCC(NC(=O)c2ccccc2)CC1. The van der Waals surface area contributed by atoms with Gasteiger partial charge < -0.3 is 10.2 Å². The summed E-state index contributed by atoms with van der Waals surface area (Å²) < 4.78 is 0.811. The lowest BCUT2D eigenvalue weighted by molar-refractivity contribution is -0.131. The molecule has 1 fully saturated rings. The summed E-state index contributed by atoms with van der Waals surface area (Å²) in [5.41, 5.74) is 2.34. The third-order valence-electron chi connectivity index (χ3n) is 4.14. The van der Waals surface area contributed by atoms with Crippen molar-refractivity contribution < 1.29 is 9.59 Å². The molecule has 1 atom stereocenters. The number of aromatic nitrogens is 2.